The summed E-state index contributed by atoms with van der Waals surface area (Å²) in [4.78, 5) is 23.0. The number of hydrogen-bond donors (Lipinski definition) is 2. The molecule has 1 saturated carbocycles. The molecule has 20 heavy (non-hydrogen) atoms. The van der Waals surface area contributed by atoms with Gasteiger partial charge < -0.3 is 11.1 Å². The maximum Gasteiger partial charge on any atom is 0.250 e. The number of amides is 2. The predicted octanol–water partition coefficient (Wildman–Crippen LogP) is 3.35. The van der Waals surface area contributed by atoms with Crippen molar-refractivity contribution in [3.05, 3.63) is 28.8 Å². The number of rotatable bonds is 4. The third-order valence-electron chi connectivity index (χ3n) is 3.72. The number of primary amides is 1. The summed E-state index contributed by atoms with van der Waals surface area (Å²) in [6.07, 6.45) is 6.54. The molecular weight excluding hydrogens is 276 g/mol. The highest BCUT2D eigenvalue weighted by Gasteiger charge is 2.17. The number of nitrogens with two attached hydrogens (primary N) is 1. The van der Waals surface area contributed by atoms with Crippen LogP contribution in [0.4, 0.5) is 5.69 Å². The number of benzene rings is 1. The van der Waals surface area contributed by atoms with Crippen LogP contribution >= 0.6 is 11.6 Å². The van der Waals surface area contributed by atoms with E-state index in [0.29, 0.717) is 18.0 Å². The van der Waals surface area contributed by atoms with Gasteiger partial charge in [-0.25, -0.2) is 0 Å². The molecule has 2 rings (SSSR count). The van der Waals surface area contributed by atoms with E-state index in [0.717, 1.165) is 12.8 Å². The van der Waals surface area contributed by atoms with Gasteiger partial charge >= 0.3 is 0 Å². The Morgan fingerprint density at radius 3 is 2.55 bits per heavy atom. The smallest absolute Gasteiger partial charge is 0.250 e. The molecule has 0 saturated heterocycles. The van der Waals surface area contributed by atoms with Gasteiger partial charge in [0.15, 0.2) is 0 Å². The van der Waals surface area contributed by atoms with Crippen LogP contribution in [0.1, 0.15) is 48.9 Å². The van der Waals surface area contributed by atoms with Crippen molar-refractivity contribution in [1.29, 1.82) is 0 Å². The lowest BCUT2D eigenvalue weighted by Gasteiger charge is -2.20. The van der Waals surface area contributed by atoms with Gasteiger partial charge in [0.2, 0.25) is 11.8 Å². The number of hydrogen-bond acceptors (Lipinski definition) is 2. The topological polar surface area (TPSA) is 72.2 Å². The molecule has 0 aliphatic heterocycles. The molecule has 108 valence electrons. The molecule has 1 aromatic carbocycles. The highest BCUT2D eigenvalue weighted by atomic mass is 35.5. The maximum atomic E-state index is 12.0. The van der Waals surface area contributed by atoms with Crippen LogP contribution in [0.15, 0.2) is 18.2 Å². The van der Waals surface area contributed by atoms with Gasteiger partial charge in [-0.2, -0.15) is 0 Å². The van der Waals surface area contributed by atoms with E-state index in [9.17, 15) is 9.59 Å². The molecule has 5 heteroatoms. The van der Waals surface area contributed by atoms with Gasteiger partial charge in [0, 0.05) is 12.1 Å². The Labute approximate surface area is 123 Å². The quantitative estimate of drug-likeness (QED) is 0.894. The minimum absolute atomic E-state index is 0.000193. The number of halogens is 1. The molecule has 1 fully saturated rings. The van der Waals surface area contributed by atoms with Crippen molar-refractivity contribution < 1.29 is 9.59 Å². The molecule has 0 atom stereocenters. The van der Waals surface area contributed by atoms with Gasteiger partial charge in [-0.1, -0.05) is 30.9 Å². The summed E-state index contributed by atoms with van der Waals surface area (Å²) < 4.78 is 0. The largest absolute Gasteiger partial charge is 0.366 e. The third-order valence-corrected chi connectivity index (χ3v) is 4.03. The number of carbonyl (C=O) groups is 2. The second kappa shape index (κ2) is 6.75. The van der Waals surface area contributed by atoms with Crippen LogP contribution in [0.3, 0.4) is 0 Å². The first kappa shape index (κ1) is 14.9. The van der Waals surface area contributed by atoms with E-state index in [1.54, 1.807) is 12.1 Å². The highest BCUT2D eigenvalue weighted by molar-refractivity contribution is 6.34. The van der Waals surface area contributed by atoms with Crippen molar-refractivity contribution in [2.45, 2.75) is 38.5 Å². The standard InChI is InChI=1S/C15H19ClN2O2/c16-13-9-11(6-7-12(13)15(17)20)18-14(19)8-10-4-2-1-3-5-10/h6-7,9-10H,1-5,8H2,(H2,17,20)(H,18,19). The van der Waals surface area contributed by atoms with E-state index >= 15 is 0 Å². The molecule has 0 bridgehead atoms. The van der Waals surface area contributed by atoms with Crippen LogP contribution in [0.2, 0.25) is 5.02 Å². The zero-order valence-electron chi connectivity index (χ0n) is 11.3. The Morgan fingerprint density at radius 1 is 1.25 bits per heavy atom. The molecular formula is C15H19ClN2O2. The SMILES string of the molecule is NC(=O)c1ccc(NC(=O)CC2CCCCC2)cc1Cl. The fourth-order valence-corrected chi connectivity index (χ4v) is 2.93. The zero-order valence-corrected chi connectivity index (χ0v) is 12.1. The van der Waals surface area contributed by atoms with Gasteiger partial charge in [0.1, 0.15) is 0 Å². The number of anilines is 1. The van der Waals surface area contributed by atoms with Crippen LogP contribution in [-0.4, -0.2) is 11.8 Å². The molecule has 0 unspecified atom stereocenters. The van der Waals surface area contributed by atoms with Gasteiger partial charge in [0.05, 0.1) is 10.6 Å². The molecule has 0 radical (unpaired) electrons. The zero-order chi connectivity index (χ0) is 14.5. The highest BCUT2D eigenvalue weighted by Crippen LogP contribution is 2.27. The van der Waals surface area contributed by atoms with Crippen LogP contribution in [0.25, 0.3) is 0 Å². The van der Waals surface area contributed by atoms with Gasteiger partial charge in [0.25, 0.3) is 0 Å². The van der Waals surface area contributed by atoms with E-state index in [1.165, 1.54) is 25.3 Å². The molecule has 0 aromatic heterocycles. The Bertz CT molecular complexity index is 511. The van der Waals surface area contributed by atoms with Crippen molar-refractivity contribution in [1.82, 2.24) is 0 Å². The van der Waals surface area contributed by atoms with E-state index in [1.807, 2.05) is 0 Å². The van der Waals surface area contributed by atoms with E-state index in [-0.39, 0.29) is 16.5 Å². The van der Waals surface area contributed by atoms with E-state index < -0.39 is 5.91 Å². The van der Waals surface area contributed by atoms with Crippen LogP contribution in [0, 0.1) is 5.92 Å². The Kier molecular flexibility index (Phi) is 5.01. The fraction of sp³-hybridized carbons (Fsp3) is 0.467. The Hall–Kier alpha value is -1.55. The Morgan fingerprint density at radius 2 is 1.95 bits per heavy atom. The van der Waals surface area contributed by atoms with E-state index in [2.05, 4.69) is 5.32 Å². The molecule has 1 aliphatic rings. The molecule has 3 N–H and O–H groups in total. The molecule has 1 aromatic rings. The number of carbonyl (C=O) groups excluding carboxylic acids is 2. The molecule has 2 amide bonds. The van der Waals surface area contributed by atoms with Crippen LogP contribution in [0.5, 0.6) is 0 Å². The van der Waals surface area contributed by atoms with Crippen molar-refractivity contribution in [3.8, 4) is 0 Å². The third kappa shape index (κ3) is 3.97. The average molecular weight is 295 g/mol. The lowest BCUT2D eigenvalue weighted by Crippen LogP contribution is -2.18. The molecule has 4 nitrogen and oxygen atoms in total. The van der Waals surface area contributed by atoms with Gasteiger partial charge in [-0.3, -0.25) is 9.59 Å². The maximum absolute atomic E-state index is 12.0. The van der Waals surface area contributed by atoms with Crippen LogP contribution in [-0.2, 0) is 4.79 Å². The van der Waals surface area contributed by atoms with Gasteiger partial charge in [-0.05, 0) is 37.0 Å². The summed E-state index contributed by atoms with van der Waals surface area (Å²) in [6.45, 7) is 0. The summed E-state index contributed by atoms with van der Waals surface area (Å²) in [7, 11) is 0. The number of nitrogens with one attached hydrogen (secondary N) is 1. The van der Waals surface area contributed by atoms with E-state index in [4.69, 9.17) is 17.3 Å². The molecule has 0 spiro atoms. The lowest BCUT2D eigenvalue weighted by molar-refractivity contribution is -0.117. The summed E-state index contributed by atoms with van der Waals surface area (Å²) >= 11 is 5.95. The van der Waals surface area contributed by atoms with Crippen molar-refractivity contribution in [2.24, 2.45) is 11.7 Å². The van der Waals surface area contributed by atoms with Crippen LogP contribution < -0.4 is 11.1 Å². The first-order chi connectivity index (χ1) is 9.56. The van der Waals surface area contributed by atoms with Crippen molar-refractivity contribution >= 4 is 29.1 Å². The summed E-state index contributed by atoms with van der Waals surface area (Å²) in [6, 6.07) is 4.73. The van der Waals surface area contributed by atoms with Crippen molar-refractivity contribution in [2.75, 3.05) is 5.32 Å². The summed E-state index contributed by atoms with van der Waals surface area (Å²) in [5.74, 6) is -0.0843. The second-order valence-corrected chi connectivity index (χ2v) is 5.72. The monoisotopic (exact) mass is 294 g/mol. The fourth-order valence-electron chi connectivity index (χ4n) is 2.66. The Balaban J connectivity index is 1.93. The first-order valence-electron chi connectivity index (χ1n) is 6.95. The van der Waals surface area contributed by atoms with Crippen molar-refractivity contribution in [3.63, 3.8) is 0 Å². The molecule has 1 aliphatic carbocycles. The minimum Gasteiger partial charge on any atom is -0.366 e. The normalized spacial score (nSPS) is 15.8. The first-order valence-corrected chi connectivity index (χ1v) is 7.33. The molecule has 0 heterocycles. The van der Waals surface area contributed by atoms with Gasteiger partial charge in [-0.15, -0.1) is 0 Å². The summed E-state index contributed by atoms with van der Waals surface area (Å²) in [5.41, 5.74) is 6.04. The second-order valence-electron chi connectivity index (χ2n) is 5.32. The lowest BCUT2D eigenvalue weighted by atomic mass is 9.87. The average Bonchev–Trinajstić information content (AvgIpc) is 2.39. The summed E-state index contributed by atoms with van der Waals surface area (Å²) in [5, 5.41) is 3.08. The minimum atomic E-state index is -0.574. The predicted molar refractivity (Wildman–Crippen MR) is 79.8 cm³/mol.